The van der Waals surface area contributed by atoms with Crippen molar-refractivity contribution in [1.82, 2.24) is 15.2 Å². The Bertz CT molecular complexity index is 1320. The highest BCUT2D eigenvalue weighted by molar-refractivity contribution is 7.12. The van der Waals surface area contributed by atoms with Gasteiger partial charge in [0, 0.05) is 13.1 Å². The average Bonchev–Trinajstić information content (AvgIpc) is 3.60. The summed E-state index contributed by atoms with van der Waals surface area (Å²) in [5.41, 5.74) is 3.51. The lowest BCUT2D eigenvalue weighted by Gasteiger charge is -2.37. The quantitative estimate of drug-likeness (QED) is 0.403. The first-order valence-corrected chi connectivity index (χ1v) is 12.4. The molecule has 0 bridgehead atoms. The summed E-state index contributed by atoms with van der Waals surface area (Å²) in [5, 5.41) is 4.62. The molecule has 1 N–H and O–H groups in total. The molecule has 8 heteroatoms. The van der Waals surface area contributed by atoms with Gasteiger partial charge in [0.05, 0.1) is 10.9 Å². The van der Waals surface area contributed by atoms with Gasteiger partial charge in [0.25, 0.3) is 11.8 Å². The molecule has 4 aromatic rings. The zero-order valence-corrected chi connectivity index (χ0v) is 20.1. The van der Waals surface area contributed by atoms with Gasteiger partial charge in [0.1, 0.15) is 12.0 Å². The predicted octanol–water partition coefficient (Wildman–Crippen LogP) is 4.85. The van der Waals surface area contributed by atoms with Gasteiger partial charge in [-0.1, -0.05) is 42.5 Å². The van der Waals surface area contributed by atoms with Crippen molar-refractivity contribution < 1.29 is 18.7 Å². The number of oxazole rings is 1. The third-order valence-electron chi connectivity index (χ3n) is 5.94. The highest BCUT2D eigenvalue weighted by Gasteiger charge is 2.33. The molecular weight excluding hydrogens is 462 g/mol. The molecule has 0 fully saturated rings. The smallest absolute Gasteiger partial charge is 0.273 e. The number of nitrogens with zero attached hydrogens (tertiary/aromatic N) is 2. The molecule has 2 aromatic heterocycles. The molecule has 0 spiro atoms. The number of thiophene rings is 1. The van der Waals surface area contributed by atoms with Crippen molar-refractivity contribution in [2.45, 2.75) is 26.0 Å². The number of fused-ring (bicyclic) bond motifs is 1. The van der Waals surface area contributed by atoms with Gasteiger partial charge in [-0.2, -0.15) is 0 Å². The van der Waals surface area contributed by atoms with Crippen LogP contribution < -0.4 is 10.1 Å². The van der Waals surface area contributed by atoms with E-state index in [1.165, 1.54) is 23.2 Å². The van der Waals surface area contributed by atoms with Crippen LogP contribution in [0.25, 0.3) is 0 Å². The molecular formula is C27H25N3O4S. The number of aromatic nitrogens is 1. The number of carbonyl (C=O) groups excluding carboxylic acids is 2. The average molecular weight is 488 g/mol. The lowest BCUT2D eigenvalue weighted by molar-refractivity contribution is 0.0699. The minimum atomic E-state index is -0.280. The largest absolute Gasteiger partial charge is 0.484 e. The van der Waals surface area contributed by atoms with E-state index in [0.29, 0.717) is 24.7 Å². The topological polar surface area (TPSA) is 84.7 Å². The molecule has 3 heterocycles. The summed E-state index contributed by atoms with van der Waals surface area (Å²) in [4.78, 5) is 32.2. The van der Waals surface area contributed by atoms with Gasteiger partial charge >= 0.3 is 0 Å². The van der Waals surface area contributed by atoms with Crippen LogP contribution in [0.15, 0.2) is 76.7 Å². The van der Waals surface area contributed by atoms with Crippen LogP contribution in [0.1, 0.15) is 55.7 Å². The first kappa shape index (κ1) is 22.9. The van der Waals surface area contributed by atoms with Gasteiger partial charge < -0.3 is 19.4 Å². The first-order valence-electron chi connectivity index (χ1n) is 11.5. The van der Waals surface area contributed by atoms with Crippen molar-refractivity contribution in [3.05, 3.63) is 105 Å². The highest BCUT2D eigenvalue weighted by atomic mass is 32.1. The molecule has 2 amide bonds. The fourth-order valence-electron chi connectivity index (χ4n) is 4.32. The molecule has 7 nitrogen and oxygen atoms in total. The summed E-state index contributed by atoms with van der Waals surface area (Å²) in [6, 6.07) is 19.6. The van der Waals surface area contributed by atoms with Gasteiger partial charge in [-0.15, -0.1) is 11.3 Å². The van der Waals surface area contributed by atoms with Crippen LogP contribution >= 0.6 is 11.3 Å². The van der Waals surface area contributed by atoms with Crippen molar-refractivity contribution in [2.24, 2.45) is 0 Å². The second-order valence-electron chi connectivity index (χ2n) is 8.17. The van der Waals surface area contributed by atoms with Crippen LogP contribution in [0.5, 0.6) is 5.75 Å². The van der Waals surface area contributed by atoms with E-state index >= 15 is 0 Å². The van der Waals surface area contributed by atoms with Gasteiger partial charge in [0.15, 0.2) is 12.3 Å². The Kier molecular flexibility index (Phi) is 6.63. The maximum absolute atomic E-state index is 13.4. The molecule has 178 valence electrons. The maximum Gasteiger partial charge on any atom is 0.273 e. The van der Waals surface area contributed by atoms with E-state index in [1.807, 2.05) is 59.7 Å². The molecule has 35 heavy (non-hydrogen) atoms. The Labute approximate surface area is 207 Å². The number of ether oxygens (including phenoxy) is 1. The molecule has 0 saturated heterocycles. The highest BCUT2D eigenvalue weighted by Crippen LogP contribution is 2.38. The van der Waals surface area contributed by atoms with Gasteiger partial charge in [0.2, 0.25) is 5.89 Å². The fraction of sp³-hybridized carbons (Fsp3) is 0.222. The van der Waals surface area contributed by atoms with Gasteiger partial charge in [-0.3, -0.25) is 9.59 Å². The second-order valence-corrected chi connectivity index (χ2v) is 9.12. The van der Waals surface area contributed by atoms with Crippen molar-refractivity contribution >= 4 is 23.2 Å². The Morgan fingerprint density at radius 2 is 2.03 bits per heavy atom. The van der Waals surface area contributed by atoms with E-state index < -0.39 is 0 Å². The number of nitrogens with one attached hydrogen (secondary N) is 1. The Morgan fingerprint density at radius 3 is 2.80 bits per heavy atom. The van der Waals surface area contributed by atoms with Crippen LogP contribution in [-0.2, 0) is 13.0 Å². The van der Waals surface area contributed by atoms with Crippen molar-refractivity contribution in [1.29, 1.82) is 0 Å². The Morgan fingerprint density at radius 1 is 1.17 bits per heavy atom. The normalized spacial score (nSPS) is 14.9. The molecule has 2 aromatic carbocycles. The van der Waals surface area contributed by atoms with Crippen LogP contribution in [0.2, 0.25) is 0 Å². The molecule has 5 rings (SSSR count). The maximum atomic E-state index is 13.4. The summed E-state index contributed by atoms with van der Waals surface area (Å²) in [6.45, 7) is 3.09. The van der Waals surface area contributed by atoms with Crippen LogP contribution in [0, 0.1) is 0 Å². The van der Waals surface area contributed by atoms with Crippen molar-refractivity contribution in [3.8, 4) is 5.75 Å². The molecule has 0 radical (unpaired) electrons. The number of carbonyl (C=O) groups is 2. The van der Waals surface area contributed by atoms with Gasteiger partial charge in [-0.25, -0.2) is 4.98 Å². The molecule has 1 atom stereocenters. The summed E-state index contributed by atoms with van der Waals surface area (Å²) in [6.07, 6.45) is 2.10. The number of hydrogen-bond acceptors (Lipinski definition) is 6. The third-order valence-corrected chi connectivity index (χ3v) is 6.80. The lowest BCUT2D eigenvalue weighted by Crippen LogP contribution is -2.40. The van der Waals surface area contributed by atoms with E-state index in [9.17, 15) is 9.59 Å². The van der Waals surface area contributed by atoms with E-state index in [4.69, 9.17) is 9.15 Å². The predicted molar refractivity (Wildman–Crippen MR) is 133 cm³/mol. The van der Waals surface area contributed by atoms with Crippen molar-refractivity contribution in [2.75, 3.05) is 13.1 Å². The van der Waals surface area contributed by atoms with Crippen LogP contribution in [0.3, 0.4) is 0 Å². The molecule has 0 saturated carbocycles. The minimum Gasteiger partial charge on any atom is -0.484 e. The summed E-state index contributed by atoms with van der Waals surface area (Å²) in [5.74, 6) is 0.715. The fourth-order valence-corrected chi connectivity index (χ4v) is 4.99. The third kappa shape index (κ3) is 4.83. The summed E-state index contributed by atoms with van der Waals surface area (Å²) in [7, 11) is 0. The first-order chi connectivity index (χ1) is 17.1. The second kappa shape index (κ2) is 10.1. The zero-order valence-electron chi connectivity index (χ0n) is 19.3. The van der Waals surface area contributed by atoms with E-state index in [0.717, 1.165) is 22.4 Å². The molecule has 0 aliphatic carbocycles. The Hall–Kier alpha value is -3.91. The number of amides is 2. The zero-order chi connectivity index (χ0) is 24.2. The monoisotopic (exact) mass is 487 g/mol. The number of benzene rings is 2. The summed E-state index contributed by atoms with van der Waals surface area (Å²) < 4.78 is 11.4. The van der Waals surface area contributed by atoms with E-state index in [-0.39, 0.29) is 30.2 Å². The minimum absolute atomic E-state index is 0.0310. The molecule has 1 aliphatic heterocycles. The summed E-state index contributed by atoms with van der Waals surface area (Å²) >= 11 is 1.46. The van der Waals surface area contributed by atoms with Crippen molar-refractivity contribution in [3.63, 3.8) is 0 Å². The SMILES string of the molecule is CCNC(=O)c1coc(COc2ccc3c(c2)C(c2ccccc2)N(C(=O)c2cccs2)CC3)n1. The number of rotatable bonds is 7. The van der Waals surface area contributed by atoms with Gasteiger partial charge in [-0.05, 0) is 53.6 Å². The van der Waals surface area contributed by atoms with E-state index in [2.05, 4.69) is 28.5 Å². The Balaban J connectivity index is 1.41. The van der Waals surface area contributed by atoms with Crippen LogP contribution in [0.4, 0.5) is 0 Å². The lowest BCUT2D eigenvalue weighted by atomic mass is 9.88. The molecule has 1 unspecified atom stereocenters. The number of hydrogen-bond donors (Lipinski definition) is 1. The molecule has 1 aliphatic rings. The van der Waals surface area contributed by atoms with Crippen LogP contribution in [-0.4, -0.2) is 34.8 Å². The van der Waals surface area contributed by atoms with E-state index in [1.54, 1.807) is 0 Å². The standard InChI is InChI=1S/C27H25N3O4S/c1-2-28-26(31)22-16-34-24(29-22)17-33-20-11-10-18-12-13-30(27(32)23-9-6-14-35-23)25(21(18)15-20)19-7-4-3-5-8-19/h3-11,14-16,25H,2,12-13,17H2,1H3,(H,28,31).